The predicted molar refractivity (Wildman–Crippen MR) is 81.0 cm³/mol. The monoisotopic (exact) mass is 280 g/mol. The molecule has 5 heteroatoms. The second kappa shape index (κ2) is 5.28. The van der Waals surface area contributed by atoms with Crippen molar-refractivity contribution in [2.45, 2.75) is 6.42 Å². The van der Waals surface area contributed by atoms with E-state index in [1.807, 2.05) is 12.1 Å². The molecule has 2 aromatic heterocycles. The van der Waals surface area contributed by atoms with Gasteiger partial charge in [0.1, 0.15) is 11.3 Å². The highest BCUT2D eigenvalue weighted by Gasteiger charge is 2.09. The first-order valence-electron chi connectivity index (χ1n) is 6.47. The van der Waals surface area contributed by atoms with Crippen LogP contribution in [0.5, 0.6) is 0 Å². The summed E-state index contributed by atoms with van der Waals surface area (Å²) in [5.74, 6) is -0.0568. The lowest BCUT2D eigenvalue weighted by atomic mass is 10.1. The summed E-state index contributed by atoms with van der Waals surface area (Å²) in [5.41, 5.74) is 9.37. The molecule has 3 rings (SSSR count). The van der Waals surface area contributed by atoms with Crippen molar-refractivity contribution in [3.05, 3.63) is 60.6 Å². The van der Waals surface area contributed by atoms with Crippen LogP contribution in [-0.4, -0.2) is 15.0 Å². The van der Waals surface area contributed by atoms with Crippen molar-refractivity contribution in [1.82, 2.24) is 15.0 Å². The third-order valence-corrected chi connectivity index (χ3v) is 3.11. The van der Waals surface area contributed by atoms with E-state index >= 15 is 0 Å². The molecule has 0 aliphatic carbocycles. The molecule has 0 radical (unpaired) electrons. The van der Waals surface area contributed by atoms with Crippen molar-refractivity contribution in [3.63, 3.8) is 0 Å². The Labute approximate surface area is 121 Å². The topological polar surface area (TPSA) is 64.7 Å². The van der Waals surface area contributed by atoms with Gasteiger partial charge in [-0.15, -0.1) is 6.58 Å². The van der Waals surface area contributed by atoms with Gasteiger partial charge in [-0.05, 0) is 36.4 Å². The lowest BCUT2D eigenvalue weighted by molar-refractivity contribution is 0.628. The summed E-state index contributed by atoms with van der Waals surface area (Å²) < 4.78 is 13.0. The predicted octanol–water partition coefficient (Wildman–Crippen LogP) is 3.14. The molecule has 0 aliphatic heterocycles. The van der Waals surface area contributed by atoms with E-state index in [4.69, 9.17) is 5.73 Å². The Balaban J connectivity index is 2.18. The van der Waals surface area contributed by atoms with Gasteiger partial charge in [0.15, 0.2) is 0 Å². The molecule has 1 aromatic carbocycles. The van der Waals surface area contributed by atoms with Gasteiger partial charge in [0.2, 0.25) is 5.95 Å². The molecule has 104 valence electrons. The van der Waals surface area contributed by atoms with Crippen molar-refractivity contribution in [2.75, 3.05) is 5.73 Å². The summed E-state index contributed by atoms with van der Waals surface area (Å²) in [7, 11) is 0. The number of allylic oxidation sites excluding steroid dienone is 1. The number of nitrogens with zero attached hydrogens (tertiary/aromatic N) is 3. The van der Waals surface area contributed by atoms with Crippen LogP contribution >= 0.6 is 0 Å². The molecule has 0 fully saturated rings. The summed E-state index contributed by atoms with van der Waals surface area (Å²) in [4.78, 5) is 13.0. The highest BCUT2D eigenvalue weighted by molar-refractivity contribution is 5.81. The third kappa shape index (κ3) is 2.58. The summed E-state index contributed by atoms with van der Waals surface area (Å²) in [6.45, 7) is 3.71. The fourth-order valence-corrected chi connectivity index (χ4v) is 2.15. The molecule has 0 spiro atoms. The number of halogens is 1. The lowest BCUT2D eigenvalue weighted by Gasteiger charge is -2.07. The van der Waals surface area contributed by atoms with E-state index in [0.29, 0.717) is 17.5 Å². The highest BCUT2D eigenvalue weighted by atomic mass is 19.1. The quantitative estimate of drug-likeness (QED) is 0.748. The van der Waals surface area contributed by atoms with Gasteiger partial charge in [-0.3, -0.25) is 0 Å². The number of nitrogens with two attached hydrogens (primary N) is 1. The number of aromatic nitrogens is 3. The Hall–Kier alpha value is -2.82. The minimum atomic E-state index is -0.275. The Morgan fingerprint density at radius 1 is 1.05 bits per heavy atom. The second-order valence-electron chi connectivity index (χ2n) is 4.59. The molecule has 0 aliphatic rings. The molecule has 0 saturated carbocycles. The smallest absolute Gasteiger partial charge is 0.220 e. The maximum absolute atomic E-state index is 13.0. The van der Waals surface area contributed by atoms with E-state index in [1.54, 1.807) is 18.2 Å². The number of hydrogen-bond donors (Lipinski definition) is 1. The molecular weight excluding hydrogens is 267 g/mol. The van der Waals surface area contributed by atoms with Crippen LogP contribution < -0.4 is 5.73 Å². The van der Waals surface area contributed by atoms with Gasteiger partial charge in [-0.2, -0.15) is 0 Å². The van der Waals surface area contributed by atoms with Crippen LogP contribution in [0.15, 0.2) is 49.1 Å². The zero-order valence-electron chi connectivity index (χ0n) is 11.3. The highest BCUT2D eigenvalue weighted by Crippen LogP contribution is 2.22. The molecule has 2 heterocycles. The van der Waals surface area contributed by atoms with E-state index in [-0.39, 0.29) is 11.8 Å². The van der Waals surface area contributed by atoms with Gasteiger partial charge in [-0.1, -0.05) is 6.08 Å². The van der Waals surface area contributed by atoms with E-state index < -0.39 is 0 Å². The fourth-order valence-electron chi connectivity index (χ4n) is 2.15. The number of benzene rings is 1. The van der Waals surface area contributed by atoms with Gasteiger partial charge in [-0.25, -0.2) is 19.3 Å². The Bertz CT molecular complexity index is 812. The van der Waals surface area contributed by atoms with Crippen LogP contribution in [0.4, 0.5) is 10.3 Å². The molecule has 3 aromatic rings. The van der Waals surface area contributed by atoms with Gasteiger partial charge >= 0.3 is 0 Å². The van der Waals surface area contributed by atoms with Crippen LogP contribution in [0, 0.1) is 5.82 Å². The standard InChI is InChI=1S/C16H13FN4/c1-2-3-13-15-14(21-16(18)20-13)9-8-12(19-15)10-4-6-11(17)7-5-10/h2,4-9H,1,3H2,(H2,18,20,21). The normalized spacial score (nSPS) is 10.7. The van der Waals surface area contributed by atoms with Crippen molar-refractivity contribution >= 4 is 17.0 Å². The maximum Gasteiger partial charge on any atom is 0.220 e. The molecule has 4 nitrogen and oxygen atoms in total. The third-order valence-electron chi connectivity index (χ3n) is 3.11. The van der Waals surface area contributed by atoms with Crippen molar-refractivity contribution < 1.29 is 4.39 Å². The number of anilines is 1. The summed E-state index contributed by atoms with van der Waals surface area (Å²) in [6.07, 6.45) is 2.30. The SMILES string of the molecule is C=CCc1nc(N)nc2ccc(-c3ccc(F)cc3)nc12. The van der Waals surface area contributed by atoms with Gasteiger partial charge < -0.3 is 5.73 Å². The number of fused-ring (bicyclic) bond motifs is 1. The van der Waals surface area contributed by atoms with Crippen LogP contribution in [0.2, 0.25) is 0 Å². The van der Waals surface area contributed by atoms with Crippen LogP contribution in [0.3, 0.4) is 0 Å². The number of nitrogen functional groups attached to an aromatic ring is 1. The first-order chi connectivity index (χ1) is 10.2. The molecule has 0 amide bonds. The maximum atomic E-state index is 13.0. The molecule has 21 heavy (non-hydrogen) atoms. The first kappa shape index (κ1) is 13.2. The zero-order valence-corrected chi connectivity index (χ0v) is 11.3. The fraction of sp³-hybridized carbons (Fsp3) is 0.0625. The minimum Gasteiger partial charge on any atom is -0.368 e. The first-order valence-corrected chi connectivity index (χ1v) is 6.47. The summed E-state index contributed by atoms with van der Waals surface area (Å²) in [6, 6.07) is 9.87. The van der Waals surface area contributed by atoms with Crippen molar-refractivity contribution in [1.29, 1.82) is 0 Å². The number of hydrogen-bond acceptors (Lipinski definition) is 4. The molecular formula is C16H13FN4. The van der Waals surface area contributed by atoms with E-state index in [0.717, 1.165) is 17.0 Å². The number of pyridine rings is 1. The number of rotatable bonds is 3. The van der Waals surface area contributed by atoms with Crippen molar-refractivity contribution in [2.24, 2.45) is 0 Å². The average Bonchev–Trinajstić information content (AvgIpc) is 2.48. The largest absolute Gasteiger partial charge is 0.368 e. The van der Waals surface area contributed by atoms with E-state index in [1.165, 1.54) is 12.1 Å². The lowest BCUT2D eigenvalue weighted by Crippen LogP contribution is -2.02. The Morgan fingerprint density at radius 2 is 1.81 bits per heavy atom. The molecule has 0 atom stereocenters. The summed E-state index contributed by atoms with van der Waals surface area (Å²) >= 11 is 0. The second-order valence-corrected chi connectivity index (χ2v) is 4.59. The minimum absolute atomic E-state index is 0.218. The Morgan fingerprint density at radius 3 is 2.52 bits per heavy atom. The van der Waals surface area contributed by atoms with Crippen LogP contribution in [0.1, 0.15) is 5.69 Å². The van der Waals surface area contributed by atoms with Gasteiger partial charge in [0, 0.05) is 12.0 Å². The average molecular weight is 280 g/mol. The van der Waals surface area contributed by atoms with Gasteiger partial charge in [0.25, 0.3) is 0 Å². The molecule has 0 bridgehead atoms. The van der Waals surface area contributed by atoms with Crippen LogP contribution in [0.25, 0.3) is 22.3 Å². The van der Waals surface area contributed by atoms with Crippen LogP contribution in [-0.2, 0) is 6.42 Å². The molecule has 0 saturated heterocycles. The van der Waals surface area contributed by atoms with Gasteiger partial charge in [0.05, 0.1) is 16.9 Å². The molecule has 2 N–H and O–H groups in total. The Kier molecular flexibility index (Phi) is 3.31. The van der Waals surface area contributed by atoms with Crippen molar-refractivity contribution in [3.8, 4) is 11.3 Å². The van der Waals surface area contributed by atoms with E-state index in [2.05, 4.69) is 21.5 Å². The van der Waals surface area contributed by atoms with E-state index in [9.17, 15) is 4.39 Å². The summed E-state index contributed by atoms with van der Waals surface area (Å²) in [5, 5.41) is 0. The zero-order chi connectivity index (χ0) is 14.8. The molecule has 0 unspecified atom stereocenters.